The maximum atomic E-state index is 12.3. The fraction of sp³-hybridized carbons (Fsp3) is 0.0667. The van der Waals surface area contributed by atoms with E-state index in [0.29, 0.717) is 17.0 Å². The highest BCUT2D eigenvalue weighted by atomic mass is 79.9. The monoisotopic (exact) mass is 345 g/mol. The average molecular weight is 346 g/mol. The number of halogens is 1. The van der Waals surface area contributed by atoms with Crippen molar-refractivity contribution in [1.29, 1.82) is 0 Å². The van der Waals surface area contributed by atoms with E-state index in [9.17, 15) is 4.79 Å². The van der Waals surface area contributed by atoms with Gasteiger partial charge in [0.2, 0.25) is 0 Å². The van der Waals surface area contributed by atoms with Crippen LogP contribution in [0.1, 0.15) is 10.4 Å². The predicted molar refractivity (Wildman–Crippen MR) is 84.7 cm³/mol. The minimum atomic E-state index is -0.188. The number of carbonyl (C=O) groups is 1. The molecule has 0 saturated carbocycles. The minimum absolute atomic E-state index is 0.188. The lowest BCUT2D eigenvalue weighted by Gasteiger charge is -2.08. The first-order chi connectivity index (χ1) is 10.2. The van der Waals surface area contributed by atoms with E-state index in [-0.39, 0.29) is 5.91 Å². The fourth-order valence-electron chi connectivity index (χ4n) is 2.03. The van der Waals surface area contributed by atoms with Gasteiger partial charge in [-0.15, -0.1) is 0 Å². The van der Waals surface area contributed by atoms with Crippen molar-refractivity contribution in [3.8, 4) is 5.75 Å². The van der Waals surface area contributed by atoms with Crippen molar-refractivity contribution in [3.05, 3.63) is 52.6 Å². The summed E-state index contributed by atoms with van der Waals surface area (Å²) < 4.78 is 6.01. The van der Waals surface area contributed by atoms with E-state index in [0.717, 1.165) is 15.4 Å². The number of rotatable bonds is 3. The quantitative estimate of drug-likeness (QED) is 0.762. The van der Waals surface area contributed by atoms with E-state index >= 15 is 0 Å². The van der Waals surface area contributed by atoms with Gasteiger partial charge in [0.15, 0.2) is 0 Å². The largest absolute Gasteiger partial charge is 0.497 e. The van der Waals surface area contributed by atoms with Crippen molar-refractivity contribution in [1.82, 2.24) is 10.2 Å². The summed E-state index contributed by atoms with van der Waals surface area (Å²) in [6.07, 6.45) is 1.72. The van der Waals surface area contributed by atoms with Gasteiger partial charge in [-0.3, -0.25) is 9.89 Å². The lowest BCUT2D eigenvalue weighted by molar-refractivity contribution is 0.102. The number of carbonyl (C=O) groups excluding carboxylic acids is 1. The summed E-state index contributed by atoms with van der Waals surface area (Å²) in [5, 5.41) is 10.6. The Labute approximate surface area is 129 Å². The number of nitrogens with one attached hydrogen (secondary N) is 2. The number of H-pyrrole nitrogens is 1. The van der Waals surface area contributed by atoms with Crippen LogP contribution in [0, 0.1) is 0 Å². The summed E-state index contributed by atoms with van der Waals surface area (Å²) >= 11 is 3.38. The molecule has 0 aliphatic heterocycles. The molecule has 2 aromatic carbocycles. The minimum Gasteiger partial charge on any atom is -0.497 e. The maximum Gasteiger partial charge on any atom is 0.255 e. The Balaban J connectivity index is 1.86. The molecule has 0 bridgehead atoms. The molecule has 0 aliphatic rings. The number of hydrogen-bond donors (Lipinski definition) is 2. The van der Waals surface area contributed by atoms with Gasteiger partial charge in [0.1, 0.15) is 5.75 Å². The lowest BCUT2D eigenvalue weighted by Crippen LogP contribution is -2.11. The first-order valence-electron chi connectivity index (χ1n) is 6.25. The molecule has 0 fully saturated rings. The molecule has 106 valence electrons. The second-order valence-electron chi connectivity index (χ2n) is 4.51. The van der Waals surface area contributed by atoms with Gasteiger partial charge in [-0.25, -0.2) is 0 Å². The summed E-state index contributed by atoms with van der Waals surface area (Å²) in [6, 6.07) is 10.8. The zero-order valence-corrected chi connectivity index (χ0v) is 12.8. The van der Waals surface area contributed by atoms with E-state index < -0.39 is 0 Å². The van der Waals surface area contributed by atoms with Gasteiger partial charge in [0, 0.05) is 27.2 Å². The molecule has 3 aromatic rings. The summed E-state index contributed by atoms with van der Waals surface area (Å²) in [5.41, 5.74) is 2.05. The topological polar surface area (TPSA) is 67.0 Å². The molecule has 2 N–H and O–H groups in total. The van der Waals surface area contributed by atoms with Gasteiger partial charge in [-0.1, -0.05) is 22.0 Å². The Morgan fingerprint density at radius 1 is 1.29 bits per heavy atom. The van der Waals surface area contributed by atoms with E-state index in [2.05, 4.69) is 31.4 Å². The van der Waals surface area contributed by atoms with E-state index in [1.54, 1.807) is 31.5 Å². The van der Waals surface area contributed by atoms with Gasteiger partial charge >= 0.3 is 0 Å². The Morgan fingerprint density at radius 2 is 2.14 bits per heavy atom. The van der Waals surface area contributed by atoms with Crippen LogP contribution in [0.3, 0.4) is 0 Å². The Hall–Kier alpha value is -2.34. The molecule has 0 aliphatic carbocycles. The smallest absolute Gasteiger partial charge is 0.255 e. The zero-order chi connectivity index (χ0) is 14.8. The van der Waals surface area contributed by atoms with Crippen LogP contribution in [0.5, 0.6) is 5.75 Å². The van der Waals surface area contributed by atoms with Crippen molar-refractivity contribution in [2.75, 3.05) is 12.4 Å². The third-order valence-electron chi connectivity index (χ3n) is 3.07. The second-order valence-corrected chi connectivity index (χ2v) is 5.42. The fourth-order valence-corrected chi connectivity index (χ4v) is 2.51. The van der Waals surface area contributed by atoms with Crippen LogP contribution in [0.25, 0.3) is 10.9 Å². The maximum absolute atomic E-state index is 12.3. The molecule has 0 unspecified atom stereocenters. The molecule has 0 atom stereocenters. The number of amides is 1. The van der Waals surface area contributed by atoms with E-state index in [4.69, 9.17) is 4.74 Å². The summed E-state index contributed by atoms with van der Waals surface area (Å²) in [7, 11) is 1.58. The summed E-state index contributed by atoms with van der Waals surface area (Å²) in [4.78, 5) is 12.3. The molecule has 0 radical (unpaired) electrons. The van der Waals surface area contributed by atoms with Crippen LogP contribution >= 0.6 is 15.9 Å². The van der Waals surface area contributed by atoms with Crippen molar-refractivity contribution in [3.63, 3.8) is 0 Å². The highest BCUT2D eigenvalue weighted by molar-refractivity contribution is 9.10. The van der Waals surface area contributed by atoms with Crippen LogP contribution < -0.4 is 10.1 Å². The van der Waals surface area contributed by atoms with Crippen LogP contribution in [0.4, 0.5) is 5.69 Å². The van der Waals surface area contributed by atoms with Gasteiger partial charge in [0.05, 0.1) is 18.8 Å². The molecule has 1 heterocycles. The average Bonchev–Trinajstić information content (AvgIpc) is 2.93. The van der Waals surface area contributed by atoms with Gasteiger partial charge in [0.25, 0.3) is 5.91 Å². The number of benzene rings is 2. The number of aromatic amines is 1. The molecule has 6 heteroatoms. The van der Waals surface area contributed by atoms with Gasteiger partial charge < -0.3 is 10.1 Å². The number of ether oxygens (including phenoxy) is 1. The molecule has 3 rings (SSSR count). The Morgan fingerprint density at radius 3 is 2.95 bits per heavy atom. The number of anilines is 1. The molecule has 21 heavy (non-hydrogen) atoms. The molecule has 5 nitrogen and oxygen atoms in total. The van der Waals surface area contributed by atoms with E-state index in [1.165, 1.54) is 0 Å². The van der Waals surface area contributed by atoms with Crippen molar-refractivity contribution >= 4 is 38.4 Å². The highest BCUT2D eigenvalue weighted by Crippen LogP contribution is 2.25. The van der Waals surface area contributed by atoms with Crippen LogP contribution in [-0.4, -0.2) is 23.2 Å². The molecular formula is C15H12BrN3O2. The molecule has 1 amide bonds. The van der Waals surface area contributed by atoms with Crippen molar-refractivity contribution in [2.45, 2.75) is 0 Å². The third kappa shape index (κ3) is 2.90. The molecule has 0 saturated heterocycles. The number of hydrogen-bond acceptors (Lipinski definition) is 3. The Bertz CT molecular complexity index is 814. The zero-order valence-electron chi connectivity index (χ0n) is 11.2. The summed E-state index contributed by atoms with van der Waals surface area (Å²) in [6.45, 7) is 0. The van der Waals surface area contributed by atoms with Crippen LogP contribution in [0.2, 0.25) is 0 Å². The lowest BCUT2D eigenvalue weighted by atomic mass is 10.1. The first-order valence-corrected chi connectivity index (χ1v) is 7.04. The van der Waals surface area contributed by atoms with Crippen LogP contribution in [-0.2, 0) is 0 Å². The molecule has 0 spiro atoms. The van der Waals surface area contributed by atoms with Gasteiger partial charge in [-0.2, -0.15) is 5.10 Å². The number of aromatic nitrogens is 2. The predicted octanol–water partition coefficient (Wildman–Crippen LogP) is 3.59. The third-order valence-corrected chi connectivity index (χ3v) is 3.53. The summed E-state index contributed by atoms with van der Waals surface area (Å²) in [5.74, 6) is 0.482. The van der Waals surface area contributed by atoms with E-state index in [1.807, 2.05) is 18.2 Å². The van der Waals surface area contributed by atoms with Gasteiger partial charge in [-0.05, 0) is 24.3 Å². The first kappa shape index (κ1) is 13.6. The van der Waals surface area contributed by atoms with Crippen molar-refractivity contribution < 1.29 is 9.53 Å². The number of nitrogens with zero attached hydrogens (tertiary/aromatic N) is 1. The Kier molecular flexibility index (Phi) is 3.62. The van der Waals surface area contributed by atoms with Crippen LogP contribution in [0.15, 0.2) is 47.1 Å². The molecular weight excluding hydrogens is 334 g/mol. The standard InChI is InChI=1S/C15H12BrN3O2/c1-21-13-6-11(16)5-12(7-13)18-15(20)9-2-3-10-8-17-19-14(10)4-9/h2-8H,1H3,(H,17,19)(H,18,20). The van der Waals surface area contributed by atoms with Crippen molar-refractivity contribution in [2.24, 2.45) is 0 Å². The highest BCUT2D eigenvalue weighted by Gasteiger charge is 2.09. The normalized spacial score (nSPS) is 10.6. The second kappa shape index (κ2) is 5.57. The number of fused-ring (bicyclic) bond motifs is 1. The SMILES string of the molecule is COc1cc(Br)cc(NC(=O)c2ccc3cn[nH]c3c2)c1. The molecule has 1 aromatic heterocycles. The number of methoxy groups -OCH3 is 1.